The summed E-state index contributed by atoms with van der Waals surface area (Å²) < 4.78 is 10.7. The van der Waals surface area contributed by atoms with Gasteiger partial charge in [0.15, 0.2) is 6.29 Å². The van der Waals surface area contributed by atoms with Gasteiger partial charge in [0, 0.05) is 0 Å². The Labute approximate surface area is 106 Å². The third kappa shape index (κ3) is 2.88. The Morgan fingerprint density at radius 3 is 2.44 bits per heavy atom. The lowest BCUT2D eigenvalue weighted by atomic mass is 10.00. The van der Waals surface area contributed by atoms with Crippen molar-refractivity contribution in [2.75, 3.05) is 0 Å². The molecule has 1 aliphatic heterocycles. The minimum absolute atomic E-state index is 0.319. The lowest BCUT2D eigenvalue weighted by molar-refractivity contribution is -0.287. The van der Waals surface area contributed by atoms with Gasteiger partial charge in [-0.25, -0.2) is 0 Å². The fraction of sp³-hybridized carbons (Fsp3) is 0.538. The van der Waals surface area contributed by atoms with Crippen molar-refractivity contribution >= 4 is 0 Å². The van der Waals surface area contributed by atoms with Crippen LogP contribution in [-0.2, 0) is 16.1 Å². The topological polar surface area (TPSA) is 79.2 Å². The van der Waals surface area contributed by atoms with Crippen molar-refractivity contribution in [2.45, 2.75) is 44.2 Å². The summed E-state index contributed by atoms with van der Waals surface area (Å²) in [7, 11) is 0. The summed E-state index contributed by atoms with van der Waals surface area (Å²) in [5.41, 5.74) is 0.970. The molecule has 18 heavy (non-hydrogen) atoms. The third-order valence-corrected chi connectivity index (χ3v) is 3.08. The molecule has 0 saturated carbocycles. The van der Waals surface area contributed by atoms with E-state index in [0.717, 1.165) is 5.56 Å². The first-order chi connectivity index (χ1) is 8.59. The predicted molar refractivity (Wildman–Crippen MR) is 63.6 cm³/mol. The molecule has 1 fully saturated rings. The lowest BCUT2D eigenvalue weighted by Gasteiger charge is -2.39. The highest BCUT2D eigenvalue weighted by molar-refractivity contribution is 5.13. The maximum atomic E-state index is 9.84. The van der Waals surface area contributed by atoms with Gasteiger partial charge >= 0.3 is 0 Å². The van der Waals surface area contributed by atoms with Crippen LogP contribution in [0.25, 0.3) is 0 Å². The molecule has 2 rings (SSSR count). The monoisotopic (exact) mass is 254 g/mol. The van der Waals surface area contributed by atoms with Crippen LogP contribution in [0.1, 0.15) is 12.5 Å². The Morgan fingerprint density at radius 2 is 1.78 bits per heavy atom. The molecular formula is C13H18O5. The van der Waals surface area contributed by atoms with Gasteiger partial charge in [-0.3, -0.25) is 0 Å². The van der Waals surface area contributed by atoms with E-state index in [1.165, 1.54) is 0 Å². The number of rotatable bonds is 3. The summed E-state index contributed by atoms with van der Waals surface area (Å²) in [5, 5.41) is 28.7. The molecule has 3 N–H and O–H groups in total. The first kappa shape index (κ1) is 13.5. The molecule has 0 bridgehead atoms. The minimum Gasteiger partial charge on any atom is -0.387 e. The quantitative estimate of drug-likeness (QED) is 0.709. The average Bonchev–Trinajstić information content (AvgIpc) is 2.37. The molecule has 1 aromatic rings. The van der Waals surface area contributed by atoms with Crippen LogP contribution in [-0.4, -0.2) is 46.0 Å². The summed E-state index contributed by atoms with van der Waals surface area (Å²) in [6.07, 6.45) is -5.02. The van der Waals surface area contributed by atoms with E-state index in [1.54, 1.807) is 6.92 Å². The van der Waals surface area contributed by atoms with E-state index in [-0.39, 0.29) is 0 Å². The maximum absolute atomic E-state index is 9.84. The molecule has 100 valence electrons. The van der Waals surface area contributed by atoms with E-state index in [2.05, 4.69) is 0 Å². The lowest BCUT2D eigenvalue weighted by Crippen LogP contribution is -2.57. The fourth-order valence-electron chi connectivity index (χ4n) is 2.02. The van der Waals surface area contributed by atoms with E-state index in [0.29, 0.717) is 6.61 Å². The molecule has 0 radical (unpaired) electrons. The Kier molecular flexibility index (Phi) is 4.31. The van der Waals surface area contributed by atoms with Crippen LogP contribution in [0.4, 0.5) is 0 Å². The van der Waals surface area contributed by atoms with Crippen molar-refractivity contribution in [3.63, 3.8) is 0 Å². The average molecular weight is 254 g/mol. The summed E-state index contributed by atoms with van der Waals surface area (Å²) in [6, 6.07) is 9.52. The predicted octanol–water partition coefficient (Wildman–Crippen LogP) is 0.0307. The first-order valence-corrected chi connectivity index (χ1v) is 5.95. The van der Waals surface area contributed by atoms with Gasteiger partial charge in [-0.05, 0) is 12.5 Å². The largest absolute Gasteiger partial charge is 0.387 e. The number of benzene rings is 1. The second-order valence-electron chi connectivity index (χ2n) is 4.47. The summed E-state index contributed by atoms with van der Waals surface area (Å²) >= 11 is 0. The molecule has 5 nitrogen and oxygen atoms in total. The zero-order valence-corrected chi connectivity index (χ0v) is 10.1. The summed E-state index contributed by atoms with van der Waals surface area (Å²) in [4.78, 5) is 0. The van der Waals surface area contributed by atoms with Crippen LogP contribution < -0.4 is 0 Å². The molecule has 5 atom stereocenters. The van der Waals surface area contributed by atoms with Gasteiger partial charge in [-0.2, -0.15) is 0 Å². The number of ether oxygens (including phenoxy) is 2. The molecule has 0 spiro atoms. The van der Waals surface area contributed by atoms with E-state index in [4.69, 9.17) is 9.47 Å². The van der Waals surface area contributed by atoms with Crippen molar-refractivity contribution in [2.24, 2.45) is 0 Å². The van der Waals surface area contributed by atoms with Gasteiger partial charge in [-0.15, -0.1) is 0 Å². The smallest absolute Gasteiger partial charge is 0.183 e. The zero-order valence-electron chi connectivity index (χ0n) is 10.1. The van der Waals surface area contributed by atoms with Gasteiger partial charge in [-0.1, -0.05) is 30.3 Å². The molecule has 0 aromatic heterocycles. The molecule has 1 aliphatic rings. The van der Waals surface area contributed by atoms with Gasteiger partial charge < -0.3 is 24.8 Å². The molecule has 0 aliphatic carbocycles. The van der Waals surface area contributed by atoms with Crippen molar-refractivity contribution in [1.82, 2.24) is 0 Å². The highest BCUT2D eigenvalue weighted by atomic mass is 16.6. The Morgan fingerprint density at radius 1 is 1.11 bits per heavy atom. The normalized spacial score (nSPS) is 36.6. The van der Waals surface area contributed by atoms with E-state index in [1.807, 2.05) is 30.3 Å². The number of aliphatic hydroxyl groups is 3. The van der Waals surface area contributed by atoms with Crippen LogP contribution in [0, 0.1) is 0 Å². The number of hydrogen-bond acceptors (Lipinski definition) is 5. The Balaban J connectivity index is 1.96. The summed E-state index contributed by atoms with van der Waals surface area (Å²) in [5.74, 6) is 0. The zero-order chi connectivity index (χ0) is 13.1. The van der Waals surface area contributed by atoms with Gasteiger partial charge in [0.25, 0.3) is 0 Å². The molecule has 1 saturated heterocycles. The van der Waals surface area contributed by atoms with Crippen LogP contribution in [0.5, 0.6) is 0 Å². The minimum atomic E-state index is -1.37. The van der Waals surface area contributed by atoms with E-state index >= 15 is 0 Å². The standard InChI is InChI=1S/C13H18O5/c1-8-12(10(14)11(15)13(16)18-8)17-7-9-5-3-2-4-6-9/h2-6,8,10-16H,7H2,1H3/t8-,10-,11+,12-,13-/m1/s1. The number of aliphatic hydroxyl groups excluding tert-OH is 3. The second kappa shape index (κ2) is 5.77. The first-order valence-electron chi connectivity index (χ1n) is 5.95. The third-order valence-electron chi connectivity index (χ3n) is 3.08. The van der Waals surface area contributed by atoms with Crippen molar-refractivity contribution in [3.8, 4) is 0 Å². The Bertz CT molecular complexity index is 369. The van der Waals surface area contributed by atoms with Crippen LogP contribution in [0.15, 0.2) is 30.3 Å². The van der Waals surface area contributed by atoms with Gasteiger partial charge in [0.2, 0.25) is 0 Å². The van der Waals surface area contributed by atoms with Crippen LogP contribution in [0.3, 0.4) is 0 Å². The Hall–Kier alpha value is -0.980. The summed E-state index contributed by atoms with van der Waals surface area (Å²) in [6.45, 7) is 2.01. The molecule has 0 unspecified atom stereocenters. The van der Waals surface area contributed by atoms with E-state index < -0.39 is 30.7 Å². The SMILES string of the molecule is C[C@H]1O[C@@H](O)[C@@H](O)[C@@H](O)[C@@H]1OCc1ccccc1. The number of hydrogen-bond donors (Lipinski definition) is 3. The highest BCUT2D eigenvalue weighted by Crippen LogP contribution is 2.23. The second-order valence-corrected chi connectivity index (χ2v) is 4.47. The molecular weight excluding hydrogens is 236 g/mol. The molecule has 1 heterocycles. The van der Waals surface area contributed by atoms with Crippen LogP contribution >= 0.6 is 0 Å². The molecule has 1 aromatic carbocycles. The van der Waals surface area contributed by atoms with Gasteiger partial charge in [0.05, 0.1) is 12.7 Å². The van der Waals surface area contributed by atoms with E-state index in [9.17, 15) is 15.3 Å². The molecule has 0 amide bonds. The highest BCUT2D eigenvalue weighted by Gasteiger charge is 2.42. The molecule has 5 heteroatoms. The van der Waals surface area contributed by atoms with Crippen molar-refractivity contribution in [1.29, 1.82) is 0 Å². The van der Waals surface area contributed by atoms with Crippen LogP contribution in [0.2, 0.25) is 0 Å². The maximum Gasteiger partial charge on any atom is 0.183 e. The van der Waals surface area contributed by atoms with Crippen molar-refractivity contribution in [3.05, 3.63) is 35.9 Å². The van der Waals surface area contributed by atoms with Crippen molar-refractivity contribution < 1.29 is 24.8 Å². The van der Waals surface area contributed by atoms with Gasteiger partial charge in [0.1, 0.15) is 18.3 Å². The fourth-order valence-corrected chi connectivity index (χ4v) is 2.02.